The van der Waals surface area contributed by atoms with Crippen LogP contribution in [0.25, 0.3) is 0 Å². The number of likely N-dealkylation sites (tertiary alicyclic amines) is 1. The highest BCUT2D eigenvalue weighted by Gasteiger charge is 2.29. The number of aromatic nitrogens is 2. The summed E-state index contributed by atoms with van der Waals surface area (Å²) in [6.45, 7) is 7.78. The van der Waals surface area contributed by atoms with Crippen LogP contribution in [0.15, 0.2) is 0 Å². The number of carbonyl (C=O) groups excluding carboxylic acids is 2. The molecule has 110 valence electrons. The minimum Gasteiger partial charge on any atom is -0.350 e. The second kappa shape index (κ2) is 6.07. The maximum absolute atomic E-state index is 12.0. The van der Waals surface area contributed by atoms with E-state index in [1.165, 1.54) is 0 Å². The quantitative estimate of drug-likeness (QED) is 0.844. The number of imidazole rings is 1. The molecule has 2 amide bonds. The van der Waals surface area contributed by atoms with Gasteiger partial charge in [-0.1, -0.05) is 6.92 Å². The van der Waals surface area contributed by atoms with Crippen molar-refractivity contribution >= 4 is 11.8 Å². The van der Waals surface area contributed by atoms with Gasteiger partial charge in [0.25, 0.3) is 5.91 Å². The van der Waals surface area contributed by atoms with E-state index < -0.39 is 0 Å². The number of rotatable bonds is 5. The topological polar surface area (TPSA) is 78.1 Å². The van der Waals surface area contributed by atoms with Crippen LogP contribution >= 0.6 is 0 Å². The van der Waals surface area contributed by atoms with Gasteiger partial charge in [-0.2, -0.15) is 0 Å². The fourth-order valence-electron chi connectivity index (χ4n) is 2.63. The van der Waals surface area contributed by atoms with E-state index in [0.29, 0.717) is 18.7 Å². The number of aromatic amines is 1. The van der Waals surface area contributed by atoms with Crippen molar-refractivity contribution in [2.45, 2.75) is 33.6 Å². The smallest absolute Gasteiger partial charge is 0.271 e. The van der Waals surface area contributed by atoms with E-state index in [-0.39, 0.29) is 17.7 Å². The van der Waals surface area contributed by atoms with E-state index in [1.807, 2.05) is 18.7 Å². The zero-order chi connectivity index (χ0) is 14.7. The van der Waals surface area contributed by atoms with Gasteiger partial charge in [-0.3, -0.25) is 9.59 Å². The van der Waals surface area contributed by atoms with Crippen LogP contribution in [0, 0.1) is 19.8 Å². The van der Waals surface area contributed by atoms with Crippen LogP contribution in [0.2, 0.25) is 0 Å². The average Bonchev–Trinajstić information content (AvgIpc) is 2.90. The summed E-state index contributed by atoms with van der Waals surface area (Å²) < 4.78 is 0. The number of hydrogen-bond acceptors (Lipinski definition) is 3. The highest BCUT2D eigenvalue weighted by atomic mass is 16.2. The number of H-pyrrole nitrogens is 1. The van der Waals surface area contributed by atoms with Crippen molar-refractivity contribution in [1.82, 2.24) is 20.2 Å². The fourth-order valence-corrected chi connectivity index (χ4v) is 2.63. The number of carbonyl (C=O) groups is 2. The fraction of sp³-hybridized carbons (Fsp3) is 0.643. The predicted octanol–water partition coefficient (Wildman–Crippen LogP) is 1.01. The molecule has 2 N–H and O–H groups in total. The first-order valence-corrected chi connectivity index (χ1v) is 7.10. The molecule has 0 spiro atoms. The Balaban J connectivity index is 1.86. The molecule has 1 fully saturated rings. The summed E-state index contributed by atoms with van der Waals surface area (Å²) in [6, 6.07) is 0. The lowest BCUT2D eigenvalue weighted by Gasteiger charge is -2.15. The molecular formula is C14H22N4O2. The molecule has 1 aliphatic heterocycles. The Kier molecular flexibility index (Phi) is 4.42. The van der Waals surface area contributed by atoms with E-state index in [9.17, 15) is 9.59 Å². The first-order valence-electron chi connectivity index (χ1n) is 7.10. The van der Waals surface area contributed by atoms with E-state index >= 15 is 0 Å². The Morgan fingerprint density at radius 3 is 2.85 bits per heavy atom. The molecule has 1 aromatic rings. The standard InChI is InChI=1S/C14H22N4O2/c1-4-5-18-8-11(6-12(18)19)7-15-14(20)13-9(2)16-10(3)17-13/h11H,4-8H2,1-3H3,(H,15,20)(H,16,17)/t11-/m1/s1. The second-order valence-corrected chi connectivity index (χ2v) is 5.42. The molecule has 0 bridgehead atoms. The lowest BCUT2D eigenvalue weighted by molar-refractivity contribution is -0.127. The van der Waals surface area contributed by atoms with Gasteiger partial charge in [0.05, 0.1) is 0 Å². The van der Waals surface area contributed by atoms with Crippen LogP contribution in [0.3, 0.4) is 0 Å². The van der Waals surface area contributed by atoms with Gasteiger partial charge in [-0.05, 0) is 20.3 Å². The molecule has 1 saturated heterocycles. The zero-order valence-electron chi connectivity index (χ0n) is 12.3. The minimum atomic E-state index is -0.173. The molecule has 1 aliphatic rings. The summed E-state index contributed by atoms with van der Waals surface area (Å²) in [5.41, 5.74) is 1.22. The van der Waals surface area contributed by atoms with Crippen LogP contribution < -0.4 is 5.32 Å². The van der Waals surface area contributed by atoms with E-state index in [4.69, 9.17) is 0 Å². The van der Waals surface area contributed by atoms with Crippen LogP contribution in [-0.2, 0) is 4.79 Å². The third kappa shape index (κ3) is 3.18. The van der Waals surface area contributed by atoms with Crippen LogP contribution in [0.1, 0.15) is 41.8 Å². The summed E-state index contributed by atoms with van der Waals surface area (Å²) >= 11 is 0. The number of nitrogens with one attached hydrogen (secondary N) is 2. The largest absolute Gasteiger partial charge is 0.350 e. The maximum atomic E-state index is 12.0. The Bertz CT molecular complexity index is 509. The van der Waals surface area contributed by atoms with Gasteiger partial charge in [0.2, 0.25) is 5.91 Å². The van der Waals surface area contributed by atoms with E-state index in [1.54, 1.807) is 0 Å². The molecule has 0 aliphatic carbocycles. The maximum Gasteiger partial charge on any atom is 0.271 e. The van der Waals surface area contributed by atoms with Gasteiger partial charge >= 0.3 is 0 Å². The van der Waals surface area contributed by atoms with Crippen molar-refractivity contribution < 1.29 is 9.59 Å². The van der Waals surface area contributed by atoms with Crippen molar-refractivity contribution in [2.75, 3.05) is 19.6 Å². The first kappa shape index (κ1) is 14.6. The third-order valence-electron chi connectivity index (χ3n) is 3.56. The number of amides is 2. The molecular weight excluding hydrogens is 256 g/mol. The summed E-state index contributed by atoms with van der Waals surface area (Å²) in [5, 5.41) is 2.88. The molecule has 2 rings (SSSR count). The second-order valence-electron chi connectivity index (χ2n) is 5.42. The summed E-state index contributed by atoms with van der Waals surface area (Å²) in [6.07, 6.45) is 1.50. The molecule has 0 radical (unpaired) electrons. The van der Waals surface area contributed by atoms with Crippen molar-refractivity contribution in [3.8, 4) is 0 Å². The summed E-state index contributed by atoms with van der Waals surface area (Å²) in [4.78, 5) is 32.8. The lowest BCUT2D eigenvalue weighted by Crippen LogP contribution is -2.32. The number of nitrogens with zero attached hydrogens (tertiary/aromatic N) is 2. The monoisotopic (exact) mass is 278 g/mol. The predicted molar refractivity (Wildman–Crippen MR) is 75.4 cm³/mol. The highest BCUT2D eigenvalue weighted by Crippen LogP contribution is 2.17. The van der Waals surface area contributed by atoms with Gasteiger partial charge in [0.15, 0.2) is 0 Å². The molecule has 0 aromatic carbocycles. The number of hydrogen-bond donors (Lipinski definition) is 2. The summed E-state index contributed by atoms with van der Waals surface area (Å²) in [5.74, 6) is 0.960. The SMILES string of the molecule is CCCN1C[C@@H](CNC(=O)c2nc(C)[nH]c2C)CC1=O. The van der Waals surface area contributed by atoms with Crippen molar-refractivity contribution in [2.24, 2.45) is 5.92 Å². The lowest BCUT2D eigenvalue weighted by atomic mass is 10.1. The molecule has 20 heavy (non-hydrogen) atoms. The summed E-state index contributed by atoms with van der Waals surface area (Å²) in [7, 11) is 0. The third-order valence-corrected chi connectivity index (χ3v) is 3.56. The van der Waals surface area contributed by atoms with Gasteiger partial charge < -0.3 is 15.2 Å². The van der Waals surface area contributed by atoms with Gasteiger partial charge in [-0.15, -0.1) is 0 Å². The van der Waals surface area contributed by atoms with Crippen LogP contribution in [0.4, 0.5) is 0 Å². The molecule has 6 nitrogen and oxygen atoms in total. The molecule has 6 heteroatoms. The average molecular weight is 278 g/mol. The number of aryl methyl sites for hydroxylation is 2. The molecule has 1 atom stereocenters. The van der Waals surface area contributed by atoms with E-state index in [0.717, 1.165) is 31.0 Å². The Morgan fingerprint density at radius 1 is 1.50 bits per heavy atom. The van der Waals surface area contributed by atoms with Crippen molar-refractivity contribution in [1.29, 1.82) is 0 Å². The molecule has 1 aromatic heterocycles. The highest BCUT2D eigenvalue weighted by molar-refractivity contribution is 5.93. The van der Waals surface area contributed by atoms with Crippen molar-refractivity contribution in [3.63, 3.8) is 0 Å². The van der Waals surface area contributed by atoms with Crippen molar-refractivity contribution in [3.05, 3.63) is 17.2 Å². The Hall–Kier alpha value is -1.85. The van der Waals surface area contributed by atoms with Gasteiger partial charge in [-0.25, -0.2) is 4.98 Å². The van der Waals surface area contributed by atoms with Gasteiger partial charge in [0, 0.05) is 37.7 Å². The van der Waals surface area contributed by atoms with E-state index in [2.05, 4.69) is 22.2 Å². The van der Waals surface area contributed by atoms with Crippen LogP contribution in [0.5, 0.6) is 0 Å². The molecule has 0 unspecified atom stereocenters. The van der Waals surface area contributed by atoms with Gasteiger partial charge in [0.1, 0.15) is 11.5 Å². The zero-order valence-corrected chi connectivity index (χ0v) is 12.3. The Morgan fingerprint density at radius 2 is 2.25 bits per heavy atom. The van der Waals surface area contributed by atoms with Crippen LogP contribution in [-0.4, -0.2) is 46.3 Å². The normalized spacial score (nSPS) is 18.6. The minimum absolute atomic E-state index is 0.173. The molecule has 2 heterocycles. The first-order chi connectivity index (χ1) is 9.51. The Labute approximate surface area is 119 Å². The molecule has 0 saturated carbocycles.